The van der Waals surface area contributed by atoms with Gasteiger partial charge in [-0.1, -0.05) is 26.0 Å². The van der Waals surface area contributed by atoms with Crippen LogP contribution in [0.25, 0.3) is 10.9 Å². The fourth-order valence-electron chi connectivity index (χ4n) is 1.81. The molecule has 0 aliphatic rings. The van der Waals surface area contributed by atoms with E-state index in [2.05, 4.69) is 44.1 Å². The fourth-order valence-corrected chi connectivity index (χ4v) is 1.81. The molecule has 74 valence electrons. The van der Waals surface area contributed by atoms with Crippen LogP contribution in [-0.2, 0) is 7.05 Å². The van der Waals surface area contributed by atoms with Gasteiger partial charge in [0.1, 0.15) is 0 Å². The molecule has 14 heavy (non-hydrogen) atoms. The molecule has 0 saturated heterocycles. The third kappa shape index (κ3) is 1.31. The van der Waals surface area contributed by atoms with E-state index in [1.807, 2.05) is 11.7 Å². The van der Waals surface area contributed by atoms with Crippen molar-refractivity contribution in [1.29, 1.82) is 0 Å². The molecule has 0 aliphatic carbocycles. The summed E-state index contributed by atoms with van der Waals surface area (Å²) >= 11 is 0. The minimum Gasteiger partial charge on any atom is -0.268 e. The van der Waals surface area contributed by atoms with E-state index < -0.39 is 0 Å². The van der Waals surface area contributed by atoms with Crippen LogP contribution in [0.4, 0.5) is 0 Å². The Kier molecular flexibility index (Phi) is 2.06. The van der Waals surface area contributed by atoms with Crippen molar-refractivity contribution in [3.05, 3.63) is 29.5 Å². The summed E-state index contributed by atoms with van der Waals surface area (Å²) in [5.41, 5.74) is 3.71. The third-order valence-electron chi connectivity index (χ3n) is 2.73. The lowest BCUT2D eigenvalue weighted by Gasteiger charge is -2.05. The average Bonchev–Trinajstić information content (AvgIpc) is 2.42. The van der Waals surface area contributed by atoms with Crippen LogP contribution in [0, 0.1) is 6.92 Å². The first-order valence-corrected chi connectivity index (χ1v) is 5.03. The van der Waals surface area contributed by atoms with E-state index in [9.17, 15) is 0 Å². The highest BCUT2D eigenvalue weighted by Crippen LogP contribution is 2.22. The summed E-state index contributed by atoms with van der Waals surface area (Å²) in [6.45, 7) is 6.48. The Balaban J connectivity index is 2.71. The molecular weight excluding hydrogens is 172 g/mol. The van der Waals surface area contributed by atoms with Gasteiger partial charge in [0.15, 0.2) is 0 Å². The van der Waals surface area contributed by atoms with E-state index in [0.29, 0.717) is 5.92 Å². The summed E-state index contributed by atoms with van der Waals surface area (Å²) in [6, 6.07) is 6.61. The Morgan fingerprint density at radius 1 is 1.29 bits per heavy atom. The quantitative estimate of drug-likeness (QED) is 0.672. The Hall–Kier alpha value is -1.31. The van der Waals surface area contributed by atoms with Crippen molar-refractivity contribution in [3.8, 4) is 0 Å². The second kappa shape index (κ2) is 3.12. The minimum absolute atomic E-state index is 0.578. The van der Waals surface area contributed by atoms with Crippen LogP contribution < -0.4 is 0 Å². The highest BCUT2D eigenvalue weighted by atomic mass is 15.3. The smallest absolute Gasteiger partial charge is 0.0684 e. The van der Waals surface area contributed by atoms with E-state index in [1.54, 1.807) is 0 Å². The second-order valence-electron chi connectivity index (χ2n) is 4.14. The summed E-state index contributed by atoms with van der Waals surface area (Å²) in [4.78, 5) is 0. The van der Waals surface area contributed by atoms with Gasteiger partial charge in [0.05, 0.1) is 11.2 Å². The molecule has 0 bridgehead atoms. The summed E-state index contributed by atoms with van der Waals surface area (Å²) in [5.74, 6) is 0.578. The molecule has 0 fully saturated rings. The number of aromatic nitrogens is 2. The van der Waals surface area contributed by atoms with Gasteiger partial charge < -0.3 is 0 Å². The summed E-state index contributed by atoms with van der Waals surface area (Å²) in [7, 11) is 2.00. The number of hydrogen-bond donors (Lipinski definition) is 0. The monoisotopic (exact) mass is 188 g/mol. The summed E-state index contributed by atoms with van der Waals surface area (Å²) in [6.07, 6.45) is 0. The van der Waals surface area contributed by atoms with Crippen LogP contribution >= 0.6 is 0 Å². The van der Waals surface area contributed by atoms with Gasteiger partial charge in [-0.2, -0.15) is 5.10 Å². The van der Waals surface area contributed by atoms with Gasteiger partial charge in [-0.05, 0) is 24.5 Å². The van der Waals surface area contributed by atoms with Crippen LogP contribution in [0.15, 0.2) is 18.2 Å². The zero-order valence-corrected chi connectivity index (χ0v) is 9.20. The van der Waals surface area contributed by atoms with Gasteiger partial charge in [0.2, 0.25) is 0 Å². The standard InChI is InChI=1S/C12H16N2/c1-8(2)10-5-6-11-9(3)13-14(4)12(11)7-10/h5-8H,1-4H3. The zero-order valence-electron chi connectivity index (χ0n) is 9.20. The first-order chi connectivity index (χ1) is 6.59. The molecule has 0 amide bonds. The SMILES string of the molecule is Cc1nn(C)c2cc(C(C)C)ccc12. The molecule has 2 rings (SSSR count). The third-order valence-corrected chi connectivity index (χ3v) is 2.73. The molecule has 0 radical (unpaired) electrons. The maximum atomic E-state index is 4.41. The summed E-state index contributed by atoms with van der Waals surface area (Å²) < 4.78 is 1.95. The first kappa shape index (κ1) is 9.25. The van der Waals surface area contributed by atoms with Crippen LogP contribution in [0.1, 0.15) is 31.0 Å². The number of hydrogen-bond acceptors (Lipinski definition) is 1. The average molecular weight is 188 g/mol. The van der Waals surface area contributed by atoms with E-state index in [1.165, 1.54) is 16.5 Å². The molecule has 0 unspecified atom stereocenters. The van der Waals surface area contributed by atoms with Gasteiger partial charge in [-0.3, -0.25) is 4.68 Å². The van der Waals surface area contributed by atoms with E-state index >= 15 is 0 Å². The van der Waals surface area contributed by atoms with E-state index in [0.717, 1.165) is 5.69 Å². The Morgan fingerprint density at radius 2 is 2.00 bits per heavy atom. The molecule has 2 heteroatoms. The molecule has 2 aromatic rings. The first-order valence-electron chi connectivity index (χ1n) is 5.03. The van der Waals surface area contributed by atoms with Gasteiger partial charge in [-0.25, -0.2) is 0 Å². The van der Waals surface area contributed by atoms with E-state index in [-0.39, 0.29) is 0 Å². The number of fused-ring (bicyclic) bond motifs is 1. The van der Waals surface area contributed by atoms with Crippen LogP contribution in [-0.4, -0.2) is 9.78 Å². The maximum Gasteiger partial charge on any atom is 0.0684 e. The highest BCUT2D eigenvalue weighted by Gasteiger charge is 2.06. The topological polar surface area (TPSA) is 17.8 Å². The lowest BCUT2D eigenvalue weighted by molar-refractivity contribution is 0.781. The molecule has 1 aromatic heterocycles. The fraction of sp³-hybridized carbons (Fsp3) is 0.417. The number of nitrogens with zero attached hydrogens (tertiary/aromatic N) is 2. The number of rotatable bonds is 1. The number of aryl methyl sites for hydroxylation is 2. The maximum absolute atomic E-state index is 4.41. The van der Waals surface area contributed by atoms with Crippen LogP contribution in [0.5, 0.6) is 0 Å². The lowest BCUT2D eigenvalue weighted by atomic mass is 10.0. The Bertz CT molecular complexity index is 466. The highest BCUT2D eigenvalue weighted by molar-refractivity contribution is 5.82. The lowest BCUT2D eigenvalue weighted by Crippen LogP contribution is -1.91. The molecule has 1 aromatic carbocycles. The molecule has 0 N–H and O–H groups in total. The predicted octanol–water partition coefficient (Wildman–Crippen LogP) is 3.01. The Labute approximate surface area is 84.5 Å². The van der Waals surface area contributed by atoms with Crippen LogP contribution in [0.3, 0.4) is 0 Å². The van der Waals surface area contributed by atoms with Crippen molar-refractivity contribution in [2.75, 3.05) is 0 Å². The van der Waals surface area contributed by atoms with Crippen molar-refractivity contribution < 1.29 is 0 Å². The molecule has 2 nitrogen and oxygen atoms in total. The van der Waals surface area contributed by atoms with E-state index in [4.69, 9.17) is 0 Å². The Morgan fingerprint density at radius 3 is 2.64 bits per heavy atom. The van der Waals surface area contributed by atoms with Gasteiger partial charge >= 0.3 is 0 Å². The second-order valence-corrected chi connectivity index (χ2v) is 4.14. The molecular formula is C12H16N2. The molecule has 0 spiro atoms. The van der Waals surface area contributed by atoms with Gasteiger partial charge in [-0.15, -0.1) is 0 Å². The van der Waals surface area contributed by atoms with Crippen molar-refractivity contribution in [1.82, 2.24) is 9.78 Å². The predicted molar refractivity (Wildman–Crippen MR) is 59.5 cm³/mol. The van der Waals surface area contributed by atoms with Crippen molar-refractivity contribution in [2.45, 2.75) is 26.7 Å². The molecule has 0 saturated carbocycles. The molecule has 0 aliphatic heterocycles. The number of benzene rings is 1. The normalized spacial score (nSPS) is 11.5. The zero-order chi connectivity index (χ0) is 10.3. The van der Waals surface area contributed by atoms with Gasteiger partial charge in [0, 0.05) is 12.4 Å². The molecule has 0 atom stereocenters. The van der Waals surface area contributed by atoms with Crippen molar-refractivity contribution in [2.24, 2.45) is 7.05 Å². The van der Waals surface area contributed by atoms with Crippen molar-refractivity contribution >= 4 is 10.9 Å². The molecule has 1 heterocycles. The largest absolute Gasteiger partial charge is 0.268 e. The van der Waals surface area contributed by atoms with Crippen LogP contribution in [0.2, 0.25) is 0 Å². The van der Waals surface area contributed by atoms with Crippen molar-refractivity contribution in [3.63, 3.8) is 0 Å². The minimum atomic E-state index is 0.578. The summed E-state index contributed by atoms with van der Waals surface area (Å²) in [5, 5.41) is 5.67. The van der Waals surface area contributed by atoms with Gasteiger partial charge in [0.25, 0.3) is 0 Å².